The fraction of sp³-hybridized carbons (Fsp3) is 0.143. The van der Waals surface area contributed by atoms with E-state index in [1.807, 2.05) is 42.5 Å². The summed E-state index contributed by atoms with van der Waals surface area (Å²) >= 11 is 6.71. The van der Waals surface area contributed by atoms with E-state index in [1.54, 1.807) is 24.4 Å². The van der Waals surface area contributed by atoms with E-state index in [2.05, 4.69) is 22.4 Å². The number of nitrogens with one attached hydrogen (secondary N) is 1. The van der Waals surface area contributed by atoms with Crippen LogP contribution in [0.15, 0.2) is 82.6 Å². The number of carbonyl (C=O) groups excluding carboxylic acids is 1. The molecule has 0 radical (unpaired) electrons. The van der Waals surface area contributed by atoms with E-state index in [0.29, 0.717) is 44.3 Å². The second-order valence-electron chi connectivity index (χ2n) is 8.73. The van der Waals surface area contributed by atoms with Crippen molar-refractivity contribution in [2.24, 2.45) is 0 Å². The summed E-state index contributed by atoms with van der Waals surface area (Å²) in [6.45, 7) is 1.04. The first-order chi connectivity index (χ1) is 18.6. The van der Waals surface area contributed by atoms with Crippen LogP contribution in [0.5, 0.6) is 11.5 Å². The second kappa shape index (κ2) is 10.3. The Bertz CT molecular complexity index is 1650. The van der Waals surface area contributed by atoms with Gasteiger partial charge in [0.05, 0.1) is 17.0 Å². The van der Waals surface area contributed by atoms with Gasteiger partial charge in [0.1, 0.15) is 15.8 Å². The number of rotatable bonds is 7. The van der Waals surface area contributed by atoms with Crippen LogP contribution in [0.1, 0.15) is 16.7 Å². The molecule has 2 aromatic carbocycles. The lowest BCUT2D eigenvalue weighted by Crippen LogP contribution is -2.27. The summed E-state index contributed by atoms with van der Waals surface area (Å²) in [6.07, 6.45) is 4.02. The van der Waals surface area contributed by atoms with E-state index in [9.17, 15) is 9.59 Å². The summed E-state index contributed by atoms with van der Waals surface area (Å²) in [6, 6.07) is 21.0. The zero-order valence-corrected chi connectivity index (χ0v) is 21.8. The summed E-state index contributed by atoms with van der Waals surface area (Å²) in [7, 11) is 0. The summed E-state index contributed by atoms with van der Waals surface area (Å²) in [5.41, 5.74) is 2.60. The highest BCUT2D eigenvalue weighted by Crippen LogP contribution is 2.36. The van der Waals surface area contributed by atoms with Crippen LogP contribution in [0.25, 0.3) is 11.7 Å². The number of nitrogens with zero attached hydrogens (tertiary/aromatic N) is 3. The minimum atomic E-state index is -0.265. The van der Waals surface area contributed by atoms with Gasteiger partial charge in [0.15, 0.2) is 11.5 Å². The van der Waals surface area contributed by atoms with Crippen molar-refractivity contribution in [1.82, 2.24) is 14.3 Å². The number of amides is 1. The van der Waals surface area contributed by atoms with Crippen molar-refractivity contribution in [3.8, 4) is 11.5 Å². The number of ether oxygens (including phenoxy) is 2. The molecule has 4 heterocycles. The Hall–Kier alpha value is -4.15. The van der Waals surface area contributed by atoms with Gasteiger partial charge >= 0.3 is 0 Å². The number of thioether (sulfide) groups is 1. The number of aromatic nitrogens is 2. The third kappa shape index (κ3) is 4.75. The van der Waals surface area contributed by atoms with Gasteiger partial charge in [0.2, 0.25) is 6.79 Å². The number of fused-ring (bicyclic) bond motifs is 2. The number of hydrogen-bond donors (Lipinski definition) is 1. The molecule has 10 heteroatoms. The van der Waals surface area contributed by atoms with Crippen LogP contribution in [-0.4, -0.2) is 37.8 Å². The predicted octanol–water partition coefficient (Wildman–Crippen LogP) is 4.48. The van der Waals surface area contributed by atoms with Gasteiger partial charge in [-0.15, -0.1) is 0 Å². The fourth-order valence-electron chi connectivity index (χ4n) is 4.33. The van der Waals surface area contributed by atoms with Gasteiger partial charge in [-0.25, -0.2) is 4.98 Å². The monoisotopic (exact) mass is 542 g/mol. The molecule has 0 unspecified atom stereocenters. The molecular formula is C28H22N4O4S2. The van der Waals surface area contributed by atoms with Crippen molar-refractivity contribution in [1.29, 1.82) is 0 Å². The van der Waals surface area contributed by atoms with Crippen LogP contribution in [-0.2, 0) is 17.8 Å². The Morgan fingerprint density at radius 2 is 1.82 bits per heavy atom. The maximum atomic E-state index is 13.5. The first-order valence-electron chi connectivity index (χ1n) is 12.0. The molecule has 4 aromatic rings. The Morgan fingerprint density at radius 1 is 1.00 bits per heavy atom. The minimum absolute atomic E-state index is 0.180. The smallest absolute Gasteiger partial charge is 0.267 e. The van der Waals surface area contributed by atoms with Gasteiger partial charge in [-0.2, -0.15) is 0 Å². The Morgan fingerprint density at radius 3 is 2.68 bits per heavy atom. The third-order valence-corrected chi connectivity index (χ3v) is 7.62. The summed E-state index contributed by atoms with van der Waals surface area (Å²) in [4.78, 5) is 33.5. The normalized spacial score (nSPS) is 15.6. The Labute approximate surface area is 227 Å². The zero-order chi connectivity index (χ0) is 26.1. The summed E-state index contributed by atoms with van der Waals surface area (Å²) in [5.74, 6) is 1.49. The molecule has 0 aliphatic carbocycles. The van der Waals surface area contributed by atoms with Gasteiger partial charge in [0, 0.05) is 12.7 Å². The van der Waals surface area contributed by atoms with E-state index in [4.69, 9.17) is 21.7 Å². The minimum Gasteiger partial charge on any atom is -0.454 e. The standard InChI is InChI=1S/C28H22N4O4S2/c33-26-20(25(30-24-8-4-5-13-31(24)26)29-12-11-18-6-2-1-3-7-18)15-23-27(34)32(28(37)38-23)16-19-9-10-21-22(14-19)36-17-35-21/h1-10,13-15,29H,11-12,16-17H2. The van der Waals surface area contributed by atoms with Crippen molar-refractivity contribution in [3.63, 3.8) is 0 Å². The highest BCUT2D eigenvalue weighted by atomic mass is 32.2. The van der Waals surface area contributed by atoms with E-state index >= 15 is 0 Å². The van der Waals surface area contributed by atoms with Crippen molar-refractivity contribution in [3.05, 3.63) is 105 Å². The Kier molecular flexibility index (Phi) is 6.57. The first-order valence-corrected chi connectivity index (χ1v) is 13.2. The summed E-state index contributed by atoms with van der Waals surface area (Å²) in [5, 5.41) is 3.31. The number of thiocarbonyl (C=S) groups is 1. The molecule has 1 saturated heterocycles. The van der Waals surface area contributed by atoms with Crippen LogP contribution in [0.3, 0.4) is 0 Å². The molecule has 2 aliphatic heterocycles. The van der Waals surface area contributed by atoms with Crippen LogP contribution >= 0.6 is 24.0 Å². The predicted molar refractivity (Wildman–Crippen MR) is 151 cm³/mol. The molecule has 190 valence electrons. The maximum Gasteiger partial charge on any atom is 0.267 e. The molecule has 2 aromatic heterocycles. The van der Waals surface area contributed by atoms with Crippen molar-refractivity contribution >= 4 is 51.7 Å². The third-order valence-electron chi connectivity index (χ3n) is 6.24. The second-order valence-corrected chi connectivity index (χ2v) is 10.4. The van der Waals surface area contributed by atoms with Crippen LogP contribution in [0, 0.1) is 0 Å². The SMILES string of the molecule is O=C1C(=Cc2c(NCCc3ccccc3)nc3ccccn3c2=O)SC(=S)N1Cc1ccc2c(c1)OCO2. The zero-order valence-electron chi connectivity index (χ0n) is 20.1. The molecule has 6 rings (SSSR count). The molecule has 0 spiro atoms. The van der Waals surface area contributed by atoms with Crippen molar-refractivity contribution < 1.29 is 14.3 Å². The highest BCUT2D eigenvalue weighted by Gasteiger charge is 2.33. The molecule has 1 fully saturated rings. The quantitative estimate of drug-likeness (QED) is 0.270. The van der Waals surface area contributed by atoms with Gasteiger partial charge in [-0.1, -0.05) is 66.4 Å². The average molecular weight is 543 g/mol. The molecule has 0 saturated carbocycles. The average Bonchev–Trinajstić information content (AvgIpc) is 3.51. The van der Waals surface area contributed by atoms with E-state index in [1.165, 1.54) is 26.6 Å². The molecular weight excluding hydrogens is 520 g/mol. The number of carbonyl (C=O) groups is 1. The summed E-state index contributed by atoms with van der Waals surface area (Å²) < 4.78 is 12.7. The molecule has 1 amide bonds. The Balaban J connectivity index is 1.29. The van der Waals surface area contributed by atoms with Gasteiger partial charge in [-0.3, -0.25) is 18.9 Å². The molecule has 8 nitrogen and oxygen atoms in total. The molecule has 0 atom stereocenters. The lowest BCUT2D eigenvalue weighted by atomic mass is 10.1. The maximum absolute atomic E-state index is 13.5. The largest absolute Gasteiger partial charge is 0.454 e. The lowest BCUT2D eigenvalue weighted by molar-refractivity contribution is -0.122. The van der Waals surface area contributed by atoms with Crippen molar-refractivity contribution in [2.45, 2.75) is 13.0 Å². The highest BCUT2D eigenvalue weighted by molar-refractivity contribution is 8.26. The van der Waals surface area contributed by atoms with E-state index < -0.39 is 0 Å². The van der Waals surface area contributed by atoms with E-state index in [-0.39, 0.29) is 24.8 Å². The lowest BCUT2D eigenvalue weighted by Gasteiger charge is -2.15. The van der Waals surface area contributed by atoms with Gasteiger partial charge in [-0.05, 0) is 47.9 Å². The molecule has 0 bridgehead atoms. The number of pyridine rings is 1. The number of hydrogen-bond acceptors (Lipinski definition) is 8. The molecule has 2 aliphatic rings. The van der Waals surface area contributed by atoms with Gasteiger partial charge < -0.3 is 14.8 Å². The van der Waals surface area contributed by atoms with Crippen LogP contribution in [0.2, 0.25) is 0 Å². The van der Waals surface area contributed by atoms with Crippen LogP contribution < -0.4 is 20.3 Å². The number of anilines is 1. The topological polar surface area (TPSA) is 85.2 Å². The molecule has 1 N–H and O–H groups in total. The van der Waals surface area contributed by atoms with Crippen LogP contribution in [0.4, 0.5) is 5.82 Å². The molecule has 38 heavy (non-hydrogen) atoms. The number of benzene rings is 2. The first kappa shape index (κ1) is 24.2. The fourth-order valence-corrected chi connectivity index (χ4v) is 5.56. The van der Waals surface area contributed by atoms with Crippen molar-refractivity contribution in [2.75, 3.05) is 18.7 Å². The van der Waals surface area contributed by atoms with E-state index in [0.717, 1.165) is 12.0 Å². The van der Waals surface area contributed by atoms with Gasteiger partial charge in [0.25, 0.3) is 11.5 Å².